The number of hydrogen-bond donors (Lipinski definition) is 1. The summed E-state index contributed by atoms with van der Waals surface area (Å²) >= 11 is 0. The molecule has 2 aromatic heterocycles. The molecule has 0 bridgehead atoms. The molecule has 0 aliphatic heterocycles. The zero-order valence-corrected chi connectivity index (χ0v) is 13.3. The van der Waals surface area contributed by atoms with Crippen LogP contribution in [-0.2, 0) is 13.6 Å². The largest absolute Gasteiger partial charge is 0.289 e. The number of carbonyl (C=O) groups excluding carboxylic acids is 1. The molecule has 1 amide bonds. The molecule has 0 aliphatic carbocycles. The van der Waals surface area contributed by atoms with Gasteiger partial charge in [0.15, 0.2) is 0 Å². The first-order chi connectivity index (χ1) is 11.0. The van der Waals surface area contributed by atoms with Gasteiger partial charge >= 0.3 is 0 Å². The third-order valence-electron chi connectivity index (χ3n) is 3.45. The Bertz CT molecular complexity index is 848. The highest BCUT2D eigenvalue weighted by Crippen LogP contribution is 2.09. The monoisotopic (exact) mass is 310 g/mol. The van der Waals surface area contributed by atoms with E-state index in [1.54, 1.807) is 35.9 Å². The van der Waals surface area contributed by atoms with Crippen LogP contribution in [0.4, 0.5) is 5.95 Å². The Morgan fingerprint density at radius 3 is 2.78 bits per heavy atom. The van der Waals surface area contributed by atoms with E-state index in [0.717, 1.165) is 5.56 Å². The summed E-state index contributed by atoms with van der Waals surface area (Å²) in [7, 11) is 1.78. The zero-order valence-electron chi connectivity index (χ0n) is 13.3. The van der Waals surface area contributed by atoms with Crippen LogP contribution in [0.15, 0.2) is 36.8 Å². The molecule has 0 atom stereocenters. The minimum atomic E-state index is -0.260. The molecule has 0 spiro atoms. The van der Waals surface area contributed by atoms with Crippen molar-refractivity contribution in [3.05, 3.63) is 59.2 Å². The van der Waals surface area contributed by atoms with E-state index in [9.17, 15) is 4.79 Å². The third kappa shape index (κ3) is 3.45. The maximum Gasteiger partial charge on any atom is 0.261 e. The fourth-order valence-corrected chi connectivity index (χ4v) is 2.42. The van der Waals surface area contributed by atoms with Crippen molar-refractivity contribution in [2.75, 3.05) is 5.32 Å². The Labute approximate surface area is 134 Å². The number of aryl methyl sites for hydroxylation is 3. The Balaban J connectivity index is 1.70. The minimum absolute atomic E-state index is 0.260. The van der Waals surface area contributed by atoms with Crippen molar-refractivity contribution >= 4 is 11.9 Å². The van der Waals surface area contributed by atoms with Crippen LogP contribution in [-0.4, -0.2) is 30.5 Å². The van der Waals surface area contributed by atoms with E-state index in [-0.39, 0.29) is 11.9 Å². The molecule has 0 radical (unpaired) electrons. The predicted molar refractivity (Wildman–Crippen MR) is 86.2 cm³/mol. The van der Waals surface area contributed by atoms with Crippen molar-refractivity contribution < 1.29 is 4.79 Å². The molecule has 0 fully saturated rings. The summed E-state index contributed by atoms with van der Waals surface area (Å²) in [6.07, 6.45) is 3.28. The minimum Gasteiger partial charge on any atom is -0.289 e. The number of hydrogen-bond acceptors (Lipinski definition) is 4. The number of nitrogens with zero attached hydrogens (tertiary/aromatic N) is 5. The van der Waals surface area contributed by atoms with E-state index >= 15 is 0 Å². The zero-order chi connectivity index (χ0) is 16.4. The van der Waals surface area contributed by atoms with E-state index in [4.69, 9.17) is 0 Å². The Morgan fingerprint density at radius 1 is 1.26 bits per heavy atom. The molecule has 0 unspecified atom stereocenters. The lowest BCUT2D eigenvalue weighted by atomic mass is 10.1. The SMILES string of the molecule is Cc1cccc(Cn2cnc(NC(=O)c3cn(C)nc3C)n2)c1. The van der Waals surface area contributed by atoms with Crippen LogP contribution < -0.4 is 5.32 Å². The standard InChI is InChI=1S/C16H18N6O/c1-11-5-4-6-13(7-11)8-22-10-17-16(20-22)18-15(23)14-9-21(3)19-12(14)2/h4-7,9-10H,8H2,1-3H3,(H,18,20,23). The molecular formula is C16H18N6O. The lowest BCUT2D eigenvalue weighted by molar-refractivity contribution is 0.102. The van der Waals surface area contributed by atoms with Crippen LogP contribution in [0.1, 0.15) is 27.2 Å². The van der Waals surface area contributed by atoms with Gasteiger partial charge in [-0.25, -0.2) is 9.67 Å². The number of rotatable bonds is 4. The highest BCUT2D eigenvalue weighted by atomic mass is 16.1. The second-order valence-corrected chi connectivity index (χ2v) is 5.51. The molecule has 1 N–H and O–H groups in total. The summed E-state index contributed by atoms with van der Waals surface area (Å²) in [5, 5.41) is 11.1. The van der Waals surface area contributed by atoms with Gasteiger partial charge in [0.2, 0.25) is 5.95 Å². The van der Waals surface area contributed by atoms with Crippen LogP contribution in [0.2, 0.25) is 0 Å². The van der Waals surface area contributed by atoms with Crippen molar-refractivity contribution in [1.82, 2.24) is 24.5 Å². The molecule has 1 aromatic carbocycles. The molecule has 0 saturated heterocycles. The van der Waals surface area contributed by atoms with Crippen LogP contribution in [0.5, 0.6) is 0 Å². The van der Waals surface area contributed by atoms with Gasteiger partial charge in [-0.05, 0) is 19.4 Å². The number of anilines is 1. The normalized spacial score (nSPS) is 10.7. The third-order valence-corrected chi connectivity index (χ3v) is 3.45. The number of carbonyl (C=O) groups is 1. The van der Waals surface area contributed by atoms with Gasteiger partial charge in [0.05, 0.1) is 17.8 Å². The molecule has 7 nitrogen and oxygen atoms in total. The summed E-state index contributed by atoms with van der Waals surface area (Å²) in [4.78, 5) is 16.3. The van der Waals surface area contributed by atoms with Crippen molar-refractivity contribution in [2.24, 2.45) is 7.05 Å². The molecule has 0 aliphatic rings. The van der Waals surface area contributed by atoms with Gasteiger partial charge in [0.25, 0.3) is 5.91 Å². The highest BCUT2D eigenvalue weighted by molar-refractivity contribution is 6.03. The molecular weight excluding hydrogens is 292 g/mol. The van der Waals surface area contributed by atoms with Gasteiger partial charge in [-0.2, -0.15) is 5.10 Å². The molecule has 118 valence electrons. The van der Waals surface area contributed by atoms with Crippen LogP contribution in [0.3, 0.4) is 0 Å². The number of nitrogens with one attached hydrogen (secondary N) is 1. The molecule has 0 saturated carbocycles. The van der Waals surface area contributed by atoms with E-state index < -0.39 is 0 Å². The second-order valence-electron chi connectivity index (χ2n) is 5.51. The average molecular weight is 310 g/mol. The molecule has 23 heavy (non-hydrogen) atoms. The van der Waals surface area contributed by atoms with Crippen molar-refractivity contribution in [2.45, 2.75) is 20.4 Å². The van der Waals surface area contributed by atoms with Gasteiger partial charge in [-0.15, -0.1) is 5.10 Å². The topological polar surface area (TPSA) is 77.6 Å². The van der Waals surface area contributed by atoms with Crippen LogP contribution in [0, 0.1) is 13.8 Å². The van der Waals surface area contributed by atoms with Crippen molar-refractivity contribution in [3.8, 4) is 0 Å². The first-order valence-electron chi connectivity index (χ1n) is 7.28. The second kappa shape index (κ2) is 6.04. The summed E-state index contributed by atoms with van der Waals surface area (Å²) in [5.41, 5.74) is 3.52. The Kier molecular flexibility index (Phi) is 3.92. The fourth-order valence-electron chi connectivity index (χ4n) is 2.42. The lowest BCUT2D eigenvalue weighted by Gasteiger charge is -2.02. The van der Waals surface area contributed by atoms with Crippen LogP contribution in [0.25, 0.3) is 0 Å². The van der Waals surface area contributed by atoms with Gasteiger partial charge in [-0.3, -0.25) is 14.8 Å². The Hall–Kier alpha value is -2.96. The van der Waals surface area contributed by atoms with E-state index in [2.05, 4.69) is 26.6 Å². The molecule has 3 rings (SSSR count). The number of aromatic nitrogens is 5. The fraction of sp³-hybridized carbons (Fsp3) is 0.250. The van der Waals surface area contributed by atoms with Gasteiger partial charge < -0.3 is 0 Å². The summed E-state index contributed by atoms with van der Waals surface area (Å²) < 4.78 is 3.30. The van der Waals surface area contributed by atoms with E-state index in [1.165, 1.54) is 5.56 Å². The quantitative estimate of drug-likeness (QED) is 0.798. The maximum absolute atomic E-state index is 12.2. The van der Waals surface area contributed by atoms with Crippen molar-refractivity contribution in [3.63, 3.8) is 0 Å². The molecule has 3 aromatic rings. The number of benzene rings is 1. The predicted octanol–water partition coefficient (Wildman–Crippen LogP) is 1.93. The highest BCUT2D eigenvalue weighted by Gasteiger charge is 2.14. The average Bonchev–Trinajstić information content (AvgIpc) is 3.05. The molecule has 2 heterocycles. The number of amides is 1. The van der Waals surface area contributed by atoms with Gasteiger partial charge in [-0.1, -0.05) is 29.8 Å². The van der Waals surface area contributed by atoms with Gasteiger partial charge in [0.1, 0.15) is 6.33 Å². The summed E-state index contributed by atoms with van der Waals surface area (Å²) in [6, 6.07) is 8.19. The Morgan fingerprint density at radius 2 is 2.09 bits per heavy atom. The van der Waals surface area contributed by atoms with Crippen molar-refractivity contribution in [1.29, 1.82) is 0 Å². The molecule has 7 heteroatoms. The van der Waals surface area contributed by atoms with E-state index in [1.807, 2.05) is 25.1 Å². The lowest BCUT2D eigenvalue weighted by Crippen LogP contribution is -2.14. The van der Waals surface area contributed by atoms with Crippen LogP contribution >= 0.6 is 0 Å². The first kappa shape index (κ1) is 15.0. The summed E-state index contributed by atoms with van der Waals surface area (Å²) in [5.74, 6) is 0.0230. The van der Waals surface area contributed by atoms with Gasteiger partial charge in [0, 0.05) is 13.2 Å². The van der Waals surface area contributed by atoms with E-state index in [0.29, 0.717) is 17.8 Å². The first-order valence-corrected chi connectivity index (χ1v) is 7.28. The smallest absolute Gasteiger partial charge is 0.261 e. The summed E-state index contributed by atoms with van der Waals surface area (Å²) in [6.45, 7) is 4.45. The maximum atomic E-state index is 12.2.